The van der Waals surface area contributed by atoms with E-state index in [1.165, 1.54) is 0 Å². The van der Waals surface area contributed by atoms with Crippen molar-refractivity contribution in [3.05, 3.63) is 29.3 Å². The Labute approximate surface area is 49.5 Å². The molecule has 0 aliphatic heterocycles. The lowest BCUT2D eigenvalue weighted by Gasteiger charge is -1.81. The lowest BCUT2D eigenvalue weighted by molar-refractivity contribution is 0.112. The van der Waals surface area contributed by atoms with Gasteiger partial charge in [0.15, 0.2) is 0 Å². The van der Waals surface area contributed by atoms with Gasteiger partial charge in [-0.1, -0.05) is 8.19 Å². The zero-order valence-corrected chi connectivity index (χ0v) is 5.14. The minimum absolute atomic E-state index is 0.753. The van der Waals surface area contributed by atoms with Gasteiger partial charge in [-0.3, -0.25) is 4.79 Å². The van der Waals surface area contributed by atoms with Crippen molar-refractivity contribution in [3.63, 3.8) is 0 Å². The molecule has 0 saturated heterocycles. The van der Waals surface area contributed by atoms with Crippen LogP contribution < -0.4 is 0 Å². The van der Waals surface area contributed by atoms with E-state index in [0.29, 0.717) is 0 Å². The average molecular weight is 124 g/mol. The Morgan fingerprint density at radius 2 is 2.00 bits per heavy atom. The van der Waals surface area contributed by atoms with Crippen LogP contribution in [0.4, 0.5) is 0 Å². The summed E-state index contributed by atoms with van der Waals surface area (Å²) >= 11 is 0. The minimum Gasteiger partial charge on any atom is -0.298 e. The maximum absolute atomic E-state index is 10.0. The van der Waals surface area contributed by atoms with Gasteiger partial charge in [0.05, 0.1) is 0 Å². The molecule has 0 amide bonds. The van der Waals surface area contributed by atoms with Crippen LogP contribution in [0.1, 0.15) is 10.4 Å². The van der Waals surface area contributed by atoms with Gasteiger partial charge in [-0.05, 0) is 23.7 Å². The topological polar surface area (TPSA) is 17.1 Å². The van der Waals surface area contributed by atoms with E-state index in [1.807, 2.05) is 23.7 Å². The number of hydrogen-bond donors (Lipinski definition) is 0. The van der Waals surface area contributed by atoms with Gasteiger partial charge in [0, 0.05) is 5.56 Å². The lowest BCUT2D eigenvalue weighted by Crippen LogP contribution is -1.70. The summed E-state index contributed by atoms with van der Waals surface area (Å²) in [4.78, 5) is 10.0. The van der Waals surface area contributed by atoms with E-state index in [1.54, 1.807) is 0 Å². The molecule has 0 aromatic carbocycles. The molecule has 0 unspecified atom stereocenters. The number of rotatable bonds is 1. The van der Waals surface area contributed by atoms with Crippen molar-refractivity contribution in [2.24, 2.45) is 0 Å². The van der Waals surface area contributed by atoms with Crippen LogP contribution in [-0.2, 0) is 0 Å². The maximum Gasteiger partial charge on any atom is 0.150 e. The Bertz CT molecular complexity index is 171. The average Bonchev–Trinajstić information content (AvgIpc) is 1.90. The van der Waals surface area contributed by atoms with Crippen LogP contribution in [0.25, 0.3) is 0 Å². The predicted octanol–water partition coefficient (Wildman–Crippen LogP) is 2.08. The van der Waals surface area contributed by atoms with E-state index in [4.69, 9.17) is 0 Å². The third-order valence-electron chi connectivity index (χ3n) is 0.842. The fraction of sp³-hybridized carbons (Fsp3) is 0. The standard InChI is InChI=1S/C6H5OP/c7-5-6-1-3-8-4-2-6/h1-5H. The van der Waals surface area contributed by atoms with Crippen molar-refractivity contribution in [1.29, 1.82) is 0 Å². The summed E-state index contributed by atoms with van der Waals surface area (Å²) in [5.74, 6) is 3.87. The fourth-order valence-corrected chi connectivity index (χ4v) is 1.06. The fourth-order valence-electron chi connectivity index (χ4n) is 0.442. The molecule has 0 saturated carbocycles. The number of hydrogen-bond acceptors (Lipinski definition) is 1. The summed E-state index contributed by atoms with van der Waals surface area (Å²) in [6.45, 7) is 0. The Kier molecular flexibility index (Phi) is 1.76. The molecular weight excluding hydrogens is 119 g/mol. The molecule has 1 aromatic heterocycles. The molecule has 0 radical (unpaired) electrons. The van der Waals surface area contributed by atoms with Crippen LogP contribution in [0.2, 0.25) is 0 Å². The Hall–Kier alpha value is -0.680. The van der Waals surface area contributed by atoms with Gasteiger partial charge >= 0.3 is 0 Å². The van der Waals surface area contributed by atoms with Crippen LogP contribution in [0, 0.1) is 0 Å². The summed E-state index contributed by atoms with van der Waals surface area (Å²) in [6, 6.07) is 3.63. The summed E-state index contributed by atoms with van der Waals surface area (Å²) < 4.78 is 0. The smallest absolute Gasteiger partial charge is 0.150 e. The first kappa shape index (κ1) is 5.46. The van der Waals surface area contributed by atoms with E-state index < -0.39 is 0 Å². The summed E-state index contributed by atoms with van der Waals surface area (Å²) in [7, 11) is 1.16. The molecule has 1 aromatic rings. The molecule has 0 aliphatic rings. The molecule has 1 rings (SSSR count). The first-order valence-corrected chi connectivity index (χ1v) is 3.32. The SMILES string of the molecule is O=Cc1ccpcc1. The number of aldehydes is 1. The monoisotopic (exact) mass is 124 g/mol. The highest BCUT2D eigenvalue weighted by Gasteiger charge is 1.80. The van der Waals surface area contributed by atoms with E-state index in [9.17, 15) is 4.79 Å². The number of carbonyl (C=O) groups excluding carboxylic acids is 1. The van der Waals surface area contributed by atoms with Gasteiger partial charge in [-0.15, -0.1) is 0 Å². The molecule has 8 heavy (non-hydrogen) atoms. The van der Waals surface area contributed by atoms with Crippen molar-refractivity contribution in [2.75, 3.05) is 0 Å². The Balaban J connectivity index is 2.99. The van der Waals surface area contributed by atoms with Crippen molar-refractivity contribution in [3.8, 4) is 0 Å². The van der Waals surface area contributed by atoms with E-state index >= 15 is 0 Å². The highest BCUT2D eigenvalue weighted by atomic mass is 31.0. The Morgan fingerprint density at radius 3 is 2.38 bits per heavy atom. The van der Waals surface area contributed by atoms with Gasteiger partial charge < -0.3 is 0 Å². The van der Waals surface area contributed by atoms with E-state index in [2.05, 4.69) is 0 Å². The first-order chi connectivity index (χ1) is 3.93. The van der Waals surface area contributed by atoms with Gasteiger partial charge in [0.25, 0.3) is 0 Å². The zero-order valence-electron chi connectivity index (χ0n) is 4.24. The lowest BCUT2D eigenvalue weighted by atomic mass is 10.3. The second kappa shape index (κ2) is 2.58. The maximum atomic E-state index is 10.0. The van der Waals surface area contributed by atoms with Gasteiger partial charge in [0.2, 0.25) is 0 Å². The van der Waals surface area contributed by atoms with Gasteiger partial charge in [-0.25, -0.2) is 0 Å². The van der Waals surface area contributed by atoms with Crippen LogP contribution in [0.3, 0.4) is 0 Å². The summed E-state index contributed by atoms with van der Waals surface area (Å²) in [5.41, 5.74) is 0.753. The van der Waals surface area contributed by atoms with Crippen LogP contribution >= 0.6 is 8.19 Å². The first-order valence-electron chi connectivity index (χ1n) is 2.28. The normalized spacial score (nSPS) is 8.50. The van der Waals surface area contributed by atoms with Crippen LogP contribution in [0.5, 0.6) is 0 Å². The van der Waals surface area contributed by atoms with E-state index in [-0.39, 0.29) is 0 Å². The molecular formula is C6H5OP. The molecule has 40 valence electrons. The summed E-state index contributed by atoms with van der Waals surface area (Å²) in [6.07, 6.45) is 0.849. The highest BCUT2D eigenvalue weighted by molar-refractivity contribution is 7.28. The minimum atomic E-state index is 0.753. The third-order valence-corrected chi connectivity index (χ3v) is 1.48. The van der Waals surface area contributed by atoms with Crippen LogP contribution in [0.15, 0.2) is 23.7 Å². The molecule has 0 fully saturated rings. The molecule has 0 N–H and O–H groups in total. The van der Waals surface area contributed by atoms with Crippen molar-refractivity contribution in [1.82, 2.24) is 0 Å². The van der Waals surface area contributed by atoms with E-state index in [0.717, 1.165) is 20.0 Å². The van der Waals surface area contributed by atoms with Crippen molar-refractivity contribution < 1.29 is 4.79 Å². The second-order valence-corrected chi connectivity index (χ2v) is 2.29. The second-order valence-electron chi connectivity index (χ2n) is 1.40. The predicted molar refractivity (Wildman–Crippen MR) is 34.3 cm³/mol. The molecule has 0 atom stereocenters. The third kappa shape index (κ3) is 1.14. The molecule has 0 aliphatic carbocycles. The van der Waals surface area contributed by atoms with Crippen molar-refractivity contribution in [2.45, 2.75) is 0 Å². The largest absolute Gasteiger partial charge is 0.298 e. The zero-order chi connectivity index (χ0) is 5.82. The molecule has 1 nitrogen and oxygen atoms in total. The van der Waals surface area contributed by atoms with Gasteiger partial charge in [0.1, 0.15) is 6.29 Å². The van der Waals surface area contributed by atoms with Crippen LogP contribution in [-0.4, -0.2) is 6.29 Å². The number of carbonyl (C=O) groups is 1. The highest BCUT2D eigenvalue weighted by Crippen LogP contribution is 2.03. The molecule has 2 heteroatoms. The van der Waals surface area contributed by atoms with Gasteiger partial charge in [-0.2, -0.15) is 0 Å². The molecule has 0 bridgehead atoms. The molecule has 1 heterocycles. The molecule has 0 spiro atoms. The summed E-state index contributed by atoms with van der Waals surface area (Å²) in [5, 5.41) is 0. The quantitative estimate of drug-likeness (QED) is 0.524. The Morgan fingerprint density at radius 1 is 1.38 bits per heavy atom. The van der Waals surface area contributed by atoms with Crippen molar-refractivity contribution >= 4 is 14.5 Å².